The lowest BCUT2D eigenvalue weighted by molar-refractivity contribution is -0.134. The van der Waals surface area contributed by atoms with Gasteiger partial charge in [-0.15, -0.1) is 0 Å². The maximum Gasteiger partial charge on any atom is 0.239 e. The van der Waals surface area contributed by atoms with Gasteiger partial charge >= 0.3 is 0 Å². The topological polar surface area (TPSA) is 78.5 Å². The molecule has 1 heterocycles. The average molecular weight is 331 g/mol. The van der Waals surface area contributed by atoms with Crippen LogP contribution < -0.4 is 10.6 Å². The third kappa shape index (κ3) is 4.57. The summed E-state index contributed by atoms with van der Waals surface area (Å²) < 4.78 is 0. The first-order chi connectivity index (χ1) is 11.4. The van der Waals surface area contributed by atoms with Crippen LogP contribution in [0.1, 0.15) is 44.4 Å². The number of nitrogens with one attached hydrogen (secondary N) is 2. The van der Waals surface area contributed by atoms with Gasteiger partial charge in [-0.05, 0) is 31.4 Å². The Hall–Kier alpha value is -2.37. The van der Waals surface area contributed by atoms with E-state index in [-0.39, 0.29) is 42.8 Å². The summed E-state index contributed by atoms with van der Waals surface area (Å²) in [5.41, 5.74) is 2.19. The second-order valence-corrected chi connectivity index (χ2v) is 6.38. The first kappa shape index (κ1) is 18.0. The third-order valence-electron chi connectivity index (χ3n) is 4.09. The Bertz CT molecular complexity index is 628. The first-order valence-electron chi connectivity index (χ1n) is 8.29. The van der Waals surface area contributed by atoms with E-state index in [0.29, 0.717) is 6.54 Å². The molecule has 2 N–H and O–H groups in total. The van der Waals surface area contributed by atoms with Crippen molar-refractivity contribution in [3.8, 4) is 0 Å². The van der Waals surface area contributed by atoms with E-state index in [4.69, 9.17) is 0 Å². The van der Waals surface area contributed by atoms with Gasteiger partial charge < -0.3 is 15.5 Å². The smallest absolute Gasteiger partial charge is 0.239 e. The van der Waals surface area contributed by atoms with E-state index >= 15 is 0 Å². The third-order valence-corrected chi connectivity index (χ3v) is 4.09. The van der Waals surface area contributed by atoms with E-state index in [1.165, 1.54) is 12.5 Å². The molecule has 24 heavy (non-hydrogen) atoms. The number of fused-ring (bicyclic) bond motifs is 1. The zero-order valence-corrected chi connectivity index (χ0v) is 14.5. The highest BCUT2D eigenvalue weighted by Gasteiger charge is 2.30. The molecule has 1 aromatic rings. The largest absolute Gasteiger partial charge is 0.352 e. The normalized spacial score (nSPS) is 16.5. The second kappa shape index (κ2) is 7.95. The molecule has 0 saturated carbocycles. The van der Waals surface area contributed by atoms with Crippen molar-refractivity contribution >= 4 is 17.7 Å². The molecule has 0 fully saturated rings. The van der Waals surface area contributed by atoms with Crippen molar-refractivity contribution < 1.29 is 14.4 Å². The van der Waals surface area contributed by atoms with Gasteiger partial charge in [-0.25, -0.2) is 0 Å². The van der Waals surface area contributed by atoms with Gasteiger partial charge in [0.15, 0.2) is 0 Å². The second-order valence-electron chi connectivity index (χ2n) is 6.38. The number of nitrogens with zero attached hydrogens (tertiary/aromatic N) is 1. The quantitative estimate of drug-likeness (QED) is 0.850. The van der Waals surface area contributed by atoms with Crippen molar-refractivity contribution in [3.63, 3.8) is 0 Å². The van der Waals surface area contributed by atoms with Crippen molar-refractivity contribution in [1.82, 2.24) is 15.5 Å². The maximum absolute atomic E-state index is 12.3. The Balaban J connectivity index is 2.03. The van der Waals surface area contributed by atoms with Crippen molar-refractivity contribution in [2.75, 3.05) is 13.1 Å². The maximum atomic E-state index is 12.3. The summed E-state index contributed by atoms with van der Waals surface area (Å²) in [5.74, 6) is -0.493. The lowest BCUT2D eigenvalue weighted by Crippen LogP contribution is -2.43. The van der Waals surface area contributed by atoms with Crippen LogP contribution >= 0.6 is 0 Å². The summed E-state index contributed by atoms with van der Waals surface area (Å²) >= 11 is 0. The monoisotopic (exact) mass is 331 g/mol. The Morgan fingerprint density at radius 3 is 2.58 bits per heavy atom. The van der Waals surface area contributed by atoms with Crippen molar-refractivity contribution in [2.45, 2.75) is 45.7 Å². The summed E-state index contributed by atoms with van der Waals surface area (Å²) in [6.07, 6.45) is 0.955. The molecule has 0 spiro atoms. The molecule has 6 nitrogen and oxygen atoms in total. The van der Waals surface area contributed by atoms with Crippen LogP contribution in [0.25, 0.3) is 0 Å². The Morgan fingerprint density at radius 1 is 1.21 bits per heavy atom. The molecular formula is C18H25N3O3. The zero-order valence-electron chi connectivity index (χ0n) is 14.5. The summed E-state index contributed by atoms with van der Waals surface area (Å²) in [4.78, 5) is 37.5. The van der Waals surface area contributed by atoms with Crippen LogP contribution in [0.4, 0.5) is 0 Å². The Morgan fingerprint density at radius 2 is 1.92 bits per heavy atom. The Labute approximate surface area is 142 Å². The minimum atomic E-state index is -0.277. The van der Waals surface area contributed by atoms with Crippen LogP contribution in [-0.4, -0.2) is 41.8 Å². The van der Waals surface area contributed by atoms with Crippen LogP contribution in [0, 0.1) is 0 Å². The van der Waals surface area contributed by atoms with Crippen molar-refractivity contribution in [2.24, 2.45) is 0 Å². The lowest BCUT2D eigenvalue weighted by atomic mass is 9.90. The summed E-state index contributed by atoms with van der Waals surface area (Å²) in [7, 11) is 0. The summed E-state index contributed by atoms with van der Waals surface area (Å²) in [6.45, 7) is 5.81. The molecule has 1 unspecified atom stereocenters. The van der Waals surface area contributed by atoms with Crippen LogP contribution in [0.15, 0.2) is 24.3 Å². The first-order valence-corrected chi connectivity index (χ1v) is 8.29. The highest BCUT2D eigenvalue weighted by molar-refractivity contribution is 5.85. The molecule has 1 aliphatic rings. The zero-order chi connectivity index (χ0) is 17.7. The number of rotatable bonds is 5. The van der Waals surface area contributed by atoms with E-state index in [1.54, 1.807) is 4.90 Å². The van der Waals surface area contributed by atoms with Crippen LogP contribution in [0.3, 0.4) is 0 Å². The van der Waals surface area contributed by atoms with E-state index < -0.39 is 0 Å². The molecule has 3 amide bonds. The molecule has 1 aliphatic heterocycles. The summed E-state index contributed by atoms with van der Waals surface area (Å²) in [5, 5.41) is 5.36. The molecule has 130 valence electrons. The predicted molar refractivity (Wildman–Crippen MR) is 91.2 cm³/mol. The molecule has 2 rings (SSSR count). The fourth-order valence-corrected chi connectivity index (χ4v) is 3.05. The number of hydrogen-bond donors (Lipinski definition) is 2. The Kier molecular flexibility index (Phi) is 5.95. The molecule has 1 aromatic carbocycles. The van der Waals surface area contributed by atoms with Crippen LogP contribution in [0.2, 0.25) is 0 Å². The number of hydrogen-bond acceptors (Lipinski definition) is 3. The molecule has 0 aromatic heterocycles. The highest BCUT2D eigenvalue weighted by atomic mass is 16.2. The molecule has 6 heteroatoms. The standard InChI is InChI=1S/C18H25N3O3/c1-12(2)20-18(24)11-19-17(23)10-16-15-7-5-4-6-14(15)8-9-21(16)13(3)22/h4-7,12,16H,8-11H2,1-3H3,(H,19,23)(H,20,24). The average Bonchev–Trinajstić information content (AvgIpc) is 2.52. The molecule has 0 saturated heterocycles. The van der Waals surface area contributed by atoms with Gasteiger partial charge in [0, 0.05) is 19.5 Å². The lowest BCUT2D eigenvalue weighted by Gasteiger charge is -2.36. The van der Waals surface area contributed by atoms with Gasteiger partial charge in [0.25, 0.3) is 0 Å². The van der Waals surface area contributed by atoms with Gasteiger partial charge in [0.05, 0.1) is 19.0 Å². The molecule has 0 radical (unpaired) electrons. The number of benzene rings is 1. The number of carbonyl (C=O) groups excluding carboxylic acids is 3. The molecule has 1 atom stereocenters. The van der Waals surface area contributed by atoms with Gasteiger partial charge in [-0.2, -0.15) is 0 Å². The minimum Gasteiger partial charge on any atom is -0.352 e. The molecule has 0 bridgehead atoms. The highest BCUT2D eigenvalue weighted by Crippen LogP contribution is 2.32. The van der Waals surface area contributed by atoms with Crippen molar-refractivity contribution in [1.29, 1.82) is 0 Å². The molecular weight excluding hydrogens is 306 g/mol. The van der Waals surface area contributed by atoms with Gasteiger partial charge in [-0.1, -0.05) is 24.3 Å². The van der Waals surface area contributed by atoms with E-state index in [0.717, 1.165) is 12.0 Å². The van der Waals surface area contributed by atoms with E-state index in [1.807, 2.05) is 38.1 Å². The molecule has 0 aliphatic carbocycles. The van der Waals surface area contributed by atoms with E-state index in [2.05, 4.69) is 10.6 Å². The SMILES string of the molecule is CC(=O)N1CCc2ccccc2C1CC(=O)NCC(=O)NC(C)C. The fraction of sp³-hybridized carbons (Fsp3) is 0.500. The predicted octanol–water partition coefficient (Wildman–Crippen LogP) is 1.16. The van der Waals surface area contributed by atoms with Crippen LogP contribution in [0.5, 0.6) is 0 Å². The fourth-order valence-electron chi connectivity index (χ4n) is 3.05. The van der Waals surface area contributed by atoms with Gasteiger partial charge in [0.1, 0.15) is 0 Å². The van der Waals surface area contributed by atoms with Crippen LogP contribution in [-0.2, 0) is 20.8 Å². The van der Waals surface area contributed by atoms with Gasteiger partial charge in [-0.3, -0.25) is 14.4 Å². The minimum absolute atomic E-state index is 0.0350. The van der Waals surface area contributed by atoms with E-state index in [9.17, 15) is 14.4 Å². The summed E-state index contributed by atoms with van der Waals surface area (Å²) in [6, 6.07) is 7.65. The van der Waals surface area contributed by atoms with Crippen molar-refractivity contribution in [3.05, 3.63) is 35.4 Å². The number of carbonyl (C=O) groups is 3. The number of amides is 3. The van der Waals surface area contributed by atoms with Gasteiger partial charge in [0.2, 0.25) is 17.7 Å².